The van der Waals surface area contributed by atoms with Gasteiger partial charge in [-0.2, -0.15) is 0 Å². The van der Waals surface area contributed by atoms with Gasteiger partial charge in [-0.1, -0.05) is 0 Å². The quantitative estimate of drug-likeness (QED) is 0.639. The third-order valence-electron chi connectivity index (χ3n) is 3.21. The van der Waals surface area contributed by atoms with Gasteiger partial charge >= 0.3 is 0 Å². The zero-order valence-corrected chi connectivity index (χ0v) is 17.2. The van der Waals surface area contributed by atoms with Crippen LogP contribution in [0.4, 0.5) is 5.69 Å². The van der Waals surface area contributed by atoms with Crippen LogP contribution in [0.2, 0.25) is 0 Å². The van der Waals surface area contributed by atoms with Crippen LogP contribution in [0.1, 0.15) is 31.1 Å². The predicted octanol–water partition coefficient (Wildman–Crippen LogP) is 4.76. The number of rotatable bonds is 6. The van der Waals surface area contributed by atoms with E-state index in [1.54, 1.807) is 18.2 Å². The largest absolute Gasteiger partial charge is 0.494 e. The van der Waals surface area contributed by atoms with Gasteiger partial charge in [-0.3, -0.25) is 10.1 Å². The molecule has 0 aliphatic rings. The molecule has 26 heavy (non-hydrogen) atoms. The fourth-order valence-electron chi connectivity index (χ4n) is 2.13. The molecule has 0 saturated heterocycles. The fourth-order valence-corrected chi connectivity index (χ4v) is 2.81. The van der Waals surface area contributed by atoms with Crippen LogP contribution in [0.25, 0.3) is 0 Å². The van der Waals surface area contributed by atoms with Crippen LogP contribution < -0.4 is 20.1 Å². The fraction of sp³-hybridized carbons (Fsp3) is 0.263. The number of carbonyl (C=O) groups excluding carboxylic acids is 1. The van der Waals surface area contributed by atoms with Crippen molar-refractivity contribution in [3.05, 3.63) is 52.5 Å². The SMILES string of the molecule is CCOc1ccc(NC(=S)NC(=O)c2ccc(OC(C)C)c(Br)c2)cc1. The smallest absolute Gasteiger partial charge is 0.257 e. The summed E-state index contributed by atoms with van der Waals surface area (Å²) in [5, 5.41) is 5.85. The van der Waals surface area contributed by atoms with Gasteiger partial charge in [0.2, 0.25) is 0 Å². The Labute approximate surface area is 167 Å². The molecule has 2 aromatic carbocycles. The first-order valence-electron chi connectivity index (χ1n) is 8.20. The van der Waals surface area contributed by atoms with E-state index in [4.69, 9.17) is 21.7 Å². The highest BCUT2D eigenvalue weighted by Crippen LogP contribution is 2.27. The topological polar surface area (TPSA) is 59.6 Å². The molecule has 1 amide bonds. The number of ether oxygens (including phenoxy) is 2. The molecule has 0 radical (unpaired) electrons. The van der Waals surface area contributed by atoms with Crippen LogP contribution in [-0.2, 0) is 0 Å². The second-order valence-electron chi connectivity index (χ2n) is 5.68. The summed E-state index contributed by atoms with van der Waals surface area (Å²) in [4.78, 5) is 12.4. The molecular formula is C19H21BrN2O3S. The average Bonchev–Trinajstić information content (AvgIpc) is 2.58. The monoisotopic (exact) mass is 436 g/mol. The number of anilines is 1. The lowest BCUT2D eigenvalue weighted by molar-refractivity contribution is 0.0977. The summed E-state index contributed by atoms with van der Waals surface area (Å²) in [5.41, 5.74) is 1.24. The number of thiocarbonyl (C=S) groups is 1. The Bertz CT molecular complexity index is 779. The summed E-state index contributed by atoms with van der Waals surface area (Å²) >= 11 is 8.62. The second kappa shape index (κ2) is 9.54. The predicted molar refractivity (Wildman–Crippen MR) is 111 cm³/mol. The van der Waals surface area contributed by atoms with E-state index < -0.39 is 0 Å². The van der Waals surface area contributed by atoms with Crippen molar-refractivity contribution in [2.45, 2.75) is 26.9 Å². The van der Waals surface area contributed by atoms with Crippen molar-refractivity contribution in [3.63, 3.8) is 0 Å². The molecule has 138 valence electrons. The van der Waals surface area contributed by atoms with Crippen molar-refractivity contribution in [3.8, 4) is 11.5 Å². The third kappa shape index (κ3) is 6.00. The molecule has 0 saturated carbocycles. The van der Waals surface area contributed by atoms with Crippen LogP contribution in [0, 0.1) is 0 Å². The summed E-state index contributed by atoms with van der Waals surface area (Å²) in [7, 11) is 0. The van der Waals surface area contributed by atoms with E-state index in [9.17, 15) is 4.79 Å². The summed E-state index contributed by atoms with van der Waals surface area (Å²) in [6.07, 6.45) is 0.0527. The average molecular weight is 437 g/mol. The Morgan fingerprint density at radius 2 is 1.88 bits per heavy atom. The van der Waals surface area contributed by atoms with Crippen LogP contribution in [0.15, 0.2) is 46.9 Å². The van der Waals surface area contributed by atoms with Crippen molar-refractivity contribution in [1.29, 1.82) is 0 Å². The minimum Gasteiger partial charge on any atom is -0.494 e. The number of amides is 1. The molecule has 0 aliphatic heterocycles. The van der Waals surface area contributed by atoms with Crippen LogP contribution >= 0.6 is 28.1 Å². The lowest BCUT2D eigenvalue weighted by atomic mass is 10.2. The lowest BCUT2D eigenvalue weighted by Gasteiger charge is -2.13. The van der Waals surface area contributed by atoms with Gasteiger partial charge in [-0.25, -0.2) is 0 Å². The van der Waals surface area contributed by atoms with Gasteiger partial charge in [-0.05, 0) is 91.4 Å². The van der Waals surface area contributed by atoms with Gasteiger partial charge in [0.25, 0.3) is 5.91 Å². The standard InChI is InChI=1S/C19H21BrN2O3S/c1-4-24-15-8-6-14(7-9-15)21-19(26)22-18(23)13-5-10-17(16(20)11-13)25-12(2)3/h5-12H,4H2,1-3H3,(H2,21,22,23,26). The number of benzene rings is 2. The Hall–Kier alpha value is -2.12. The summed E-state index contributed by atoms with van der Waals surface area (Å²) in [5.74, 6) is 1.17. The Balaban J connectivity index is 1.96. The molecule has 2 rings (SSSR count). The zero-order valence-electron chi connectivity index (χ0n) is 14.8. The molecular weight excluding hydrogens is 416 g/mol. The van der Waals surface area contributed by atoms with Crippen molar-refractivity contribution in [2.24, 2.45) is 0 Å². The number of nitrogens with one attached hydrogen (secondary N) is 2. The van der Waals surface area contributed by atoms with Crippen molar-refractivity contribution < 1.29 is 14.3 Å². The first-order valence-corrected chi connectivity index (χ1v) is 9.40. The Morgan fingerprint density at radius 3 is 2.46 bits per heavy atom. The summed E-state index contributed by atoms with van der Waals surface area (Å²) in [6, 6.07) is 12.5. The first kappa shape index (κ1) is 20.2. The molecule has 0 bridgehead atoms. The van der Waals surface area contributed by atoms with Crippen LogP contribution in [0.3, 0.4) is 0 Å². The number of carbonyl (C=O) groups is 1. The normalized spacial score (nSPS) is 10.3. The molecule has 2 N–H and O–H groups in total. The second-order valence-corrected chi connectivity index (χ2v) is 6.94. The molecule has 0 aliphatic carbocycles. The van der Waals surface area contributed by atoms with E-state index in [0.29, 0.717) is 22.4 Å². The maximum atomic E-state index is 12.4. The van der Waals surface area contributed by atoms with E-state index in [1.807, 2.05) is 45.0 Å². The molecule has 0 fully saturated rings. The molecule has 5 nitrogen and oxygen atoms in total. The van der Waals surface area contributed by atoms with Crippen molar-refractivity contribution in [1.82, 2.24) is 5.32 Å². The van der Waals surface area contributed by atoms with E-state index in [1.165, 1.54) is 0 Å². The lowest BCUT2D eigenvalue weighted by Crippen LogP contribution is -2.34. The van der Waals surface area contributed by atoms with E-state index in [-0.39, 0.29) is 17.1 Å². The number of halogens is 1. The van der Waals surface area contributed by atoms with Crippen molar-refractivity contribution in [2.75, 3.05) is 11.9 Å². The number of hydrogen-bond acceptors (Lipinski definition) is 4. The molecule has 0 atom stereocenters. The highest BCUT2D eigenvalue weighted by molar-refractivity contribution is 9.10. The minimum absolute atomic E-state index is 0.0527. The first-order chi connectivity index (χ1) is 12.4. The minimum atomic E-state index is -0.301. The van der Waals surface area contributed by atoms with E-state index >= 15 is 0 Å². The molecule has 0 heterocycles. The van der Waals surface area contributed by atoms with Crippen LogP contribution in [0.5, 0.6) is 11.5 Å². The van der Waals surface area contributed by atoms with Gasteiger partial charge in [0, 0.05) is 11.3 Å². The highest BCUT2D eigenvalue weighted by atomic mass is 79.9. The molecule has 2 aromatic rings. The molecule has 0 aromatic heterocycles. The van der Waals surface area contributed by atoms with Gasteiger partial charge in [0.15, 0.2) is 5.11 Å². The van der Waals surface area contributed by atoms with E-state index in [2.05, 4.69) is 26.6 Å². The Morgan fingerprint density at radius 1 is 1.19 bits per heavy atom. The molecule has 7 heteroatoms. The van der Waals surface area contributed by atoms with E-state index in [0.717, 1.165) is 11.4 Å². The highest BCUT2D eigenvalue weighted by Gasteiger charge is 2.11. The van der Waals surface area contributed by atoms with Crippen molar-refractivity contribution >= 4 is 44.9 Å². The maximum absolute atomic E-state index is 12.4. The number of hydrogen-bond donors (Lipinski definition) is 2. The Kier molecular flexibility index (Phi) is 7.41. The third-order valence-corrected chi connectivity index (χ3v) is 4.03. The van der Waals surface area contributed by atoms with Gasteiger partial charge in [0.05, 0.1) is 17.2 Å². The molecule has 0 spiro atoms. The van der Waals surface area contributed by atoms with Gasteiger partial charge in [-0.15, -0.1) is 0 Å². The van der Waals surface area contributed by atoms with Gasteiger partial charge in [0.1, 0.15) is 11.5 Å². The van der Waals surface area contributed by atoms with Gasteiger partial charge < -0.3 is 14.8 Å². The zero-order chi connectivity index (χ0) is 19.1. The maximum Gasteiger partial charge on any atom is 0.257 e. The summed E-state index contributed by atoms with van der Waals surface area (Å²) in [6.45, 7) is 6.42. The summed E-state index contributed by atoms with van der Waals surface area (Å²) < 4.78 is 11.7. The van der Waals surface area contributed by atoms with Crippen LogP contribution in [-0.4, -0.2) is 23.7 Å². The molecule has 0 unspecified atom stereocenters.